The first-order valence-corrected chi connectivity index (χ1v) is 6.68. The van der Waals surface area contributed by atoms with Gasteiger partial charge in [0, 0.05) is 24.2 Å². The number of para-hydroxylation sites is 1. The lowest BCUT2D eigenvalue weighted by atomic mass is 10.2. The third-order valence-electron chi connectivity index (χ3n) is 2.45. The maximum absolute atomic E-state index is 4.28. The van der Waals surface area contributed by atoms with Crippen molar-refractivity contribution in [1.29, 1.82) is 0 Å². The topological polar surface area (TPSA) is 24.9 Å². The molecular weight excluding hydrogens is 228 g/mol. The van der Waals surface area contributed by atoms with Crippen molar-refractivity contribution >= 4 is 17.4 Å². The normalized spacial score (nSPS) is 10.2. The van der Waals surface area contributed by atoms with Crippen molar-refractivity contribution in [2.24, 2.45) is 0 Å². The molecule has 1 aromatic carbocycles. The Bertz CT molecular complexity index is 457. The summed E-state index contributed by atoms with van der Waals surface area (Å²) >= 11 is 1.77. The second-order valence-corrected chi connectivity index (χ2v) is 4.87. The summed E-state index contributed by atoms with van der Waals surface area (Å²) in [7, 11) is 0. The Morgan fingerprint density at radius 1 is 1.12 bits per heavy atom. The summed E-state index contributed by atoms with van der Waals surface area (Å²) in [4.78, 5) is 4.28. The highest BCUT2D eigenvalue weighted by Gasteiger charge is 1.96. The van der Waals surface area contributed by atoms with E-state index >= 15 is 0 Å². The number of benzene rings is 1. The first-order valence-electron chi connectivity index (χ1n) is 5.69. The van der Waals surface area contributed by atoms with Gasteiger partial charge in [-0.1, -0.05) is 24.3 Å². The van der Waals surface area contributed by atoms with Crippen molar-refractivity contribution in [2.45, 2.75) is 11.9 Å². The number of aromatic nitrogens is 1. The van der Waals surface area contributed by atoms with Crippen LogP contribution in [0.4, 0.5) is 5.69 Å². The van der Waals surface area contributed by atoms with Crippen molar-refractivity contribution in [2.75, 3.05) is 17.6 Å². The summed E-state index contributed by atoms with van der Waals surface area (Å²) in [5.74, 6) is 1.02. The number of nitrogens with one attached hydrogen (secondary N) is 1. The predicted molar refractivity (Wildman–Crippen MR) is 74.6 cm³/mol. The van der Waals surface area contributed by atoms with Gasteiger partial charge in [0.15, 0.2) is 0 Å². The standard InChI is InChI=1S/C14H16N2S/c1-12-6-2-3-7-13(12)15-10-11-17-14-8-4-5-9-16-14/h2-9,15H,10-11H2,1H3. The second kappa shape index (κ2) is 6.30. The molecule has 0 radical (unpaired) electrons. The fourth-order valence-electron chi connectivity index (χ4n) is 1.55. The van der Waals surface area contributed by atoms with Crippen LogP contribution in [0.15, 0.2) is 53.7 Å². The van der Waals surface area contributed by atoms with Crippen molar-refractivity contribution in [3.63, 3.8) is 0 Å². The molecular formula is C14H16N2S. The van der Waals surface area contributed by atoms with Gasteiger partial charge >= 0.3 is 0 Å². The summed E-state index contributed by atoms with van der Waals surface area (Å²) in [5.41, 5.74) is 2.50. The van der Waals surface area contributed by atoms with Gasteiger partial charge in [0.2, 0.25) is 0 Å². The van der Waals surface area contributed by atoms with Gasteiger partial charge in [-0.15, -0.1) is 11.8 Å². The molecule has 0 bridgehead atoms. The molecule has 3 heteroatoms. The highest BCUT2D eigenvalue weighted by molar-refractivity contribution is 7.99. The van der Waals surface area contributed by atoms with Gasteiger partial charge in [0.25, 0.3) is 0 Å². The fourth-order valence-corrected chi connectivity index (χ4v) is 2.27. The van der Waals surface area contributed by atoms with Crippen molar-refractivity contribution < 1.29 is 0 Å². The SMILES string of the molecule is Cc1ccccc1NCCSc1ccccn1. The molecule has 0 aliphatic rings. The number of hydrogen-bond acceptors (Lipinski definition) is 3. The quantitative estimate of drug-likeness (QED) is 0.642. The lowest BCUT2D eigenvalue weighted by molar-refractivity contribution is 1.12. The van der Waals surface area contributed by atoms with Crippen LogP contribution in [0.1, 0.15) is 5.56 Å². The largest absolute Gasteiger partial charge is 0.384 e. The maximum Gasteiger partial charge on any atom is 0.0960 e. The van der Waals surface area contributed by atoms with Crippen LogP contribution in [0.25, 0.3) is 0 Å². The molecule has 1 N–H and O–H groups in total. The smallest absolute Gasteiger partial charge is 0.0960 e. The Balaban J connectivity index is 1.76. The molecule has 0 amide bonds. The van der Waals surface area contributed by atoms with Crippen LogP contribution >= 0.6 is 11.8 Å². The molecule has 0 aliphatic carbocycles. The number of rotatable bonds is 5. The molecule has 0 saturated heterocycles. The van der Waals surface area contributed by atoms with E-state index in [0.29, 0.717) is 0 Å². The Morgan fingerprint density at radius 2 is 1.94 bits per heavy atom. The van der Waals surface area contributed by atoms with E-state index in [-0.39, 0.29) is 0 Å². The average molecular weight is 244 g/mol. The summed E-state index contributed by atoms with van der Waals surface area (Å²) in [6, 6.07) is 14.3. The molecule has 1 heterocycles. The molecule has 88 valence electrons. The summed E-state index contributed by atoms with van der Waals surface area (Å²) in [6.45, 7) is 3.07. The molecule has 0 saturated carbocycles. The summed E-state index contributed by atoms with van der Waals surface area (Å²) in [6.07, 6.45) is 1.83. The van der Waals surface area contributed by atoms with Crippen LogP contribution in [-0.2, 0) is 0 Å². The van der Waals surface area contributed by atoms with Gasteiger partial charge in [-0.2, -0.15) is 0 Å². The number of thioether (sulfide) groups is 1. The van der Waals surface area contributed by atoms with Crippen LogP contribution in [0, 0.1) is 6.92 Å². The molecule has 0 fully saturated rings. The molecule has 2 nitrogen and oxygen atoms in total. The Labute approximate surface area is 106 Å². The maximum atomic E-state index is 4.28. The minimum Gasteiger partial charge on any atom is -0.384 e. The zero-order valence-electron chi connectivity index (χ0n) is 9.89. The van der Waals surface area contributed by atoms with E-state index < -0.39 is 0 Å². The third kappa shape index (κ3) is 3.79. The zero-order chi connectivity index (χ0) is 11.9. The van der Waals surface area contributed by atoms with E-state index in [1.165, 1.54) is 11.3 Å². The predicted octanol–water partition coefficient (Wildman–Crippen LogP) is 3.59. The van der Waals surface area contributed by atoms with Crippen LogP contribution < -0.4 is 5.32 Å². The first-order chi connectivity index (χ1) is 8.36. The monoisotopic (exact) mass is 244 g/mol. The van der Waals surface area contributed by atoms with E-state index in [1.807, 2.05) is 24.4 Å². The number of hydrogen-bond donors (Lipinski definition) is 1. The lowest BCUT2D eigenvalue weighted by Gasteiger charge is -2.08. The van der Waals surface area contributed by atoms with Crippen LogP contribution in [0.2, 0.25) is 0 Å². The minimum atomic E-state index is 0.950. The summed E-state index contributed by atoms with van der Waals surface area (Å²) in [5, 5.41) is 4.52. The minimum absolute atomic E-state index is 0.950. The number of pyridine rings is 1. The van der Waals surface area contributed by atoms with E-state index in [2.05, 4.69) is 41.5 Å². The van der Waals surface area contributed by atoms with Gasteiger partial charge in [-0.25, -0.2) is 4.98 Å². The molecule has 17 heavy (non-hydrogen) atoms. The Kier molecular flexibility index (Phi) is 4.45. The van der Waals surface area contributed by atoms with E-state index in [4.69, 9.17) is 0 Å². The molecule has 0 atom stereocenters. The van der Waals surface area contributed by atoms with Crippen molar-refractivity contribution in [3.05, 3.63) is 54.2 Å². The van der Waals surface area contributed by atoms with Crippen molar-refractivity contribution in [3.8, 4) is 0 Å². The van der Waals surface area contributed by atoms with Crippen LogP contribution in [0.3, 0.4) is 0 Å². The molecule has 0 aliphatic heterocycles. The summed E-state index contributed by atoms with van der Waals surface area (Å²) < 4.78 is 0. The molecule has 2 aromatic rings. The number of anilines is 1. The highest BCUT2D eigenvalue weighted by Crippen LogP contribution is 2.16. The van der Waals surface area contributed by atoms with Crippen molar-refractivity contribution in [1.82, 2.24) is 4.98 Å². The first kappa shape index (κ1) is 12.0. The van der Waals surface area contributed by atoms with Crippen LogP contribution in [-0.4, -0.2) is 17.3 Å². The number of aryl methyl sites for hydroxylation is 1. The molecule has 1 aromatic heterocycles. The van der Waals surface area contributed by atoms with Gasteiger partial charge in [-0.3, -0.25) is 0 Å². The molecule has 2 rings (SSSR count). The average Bonchev–Trinajstić information content (AvgIpc) is 2.38. The van der Waals surface area contributed by atoms with Gasteiger partial charge in [-0.05, 0) is 30.7 Å². The number of nitrogens with zero attached hydrogens (tertiary/aromatic N) is 1. The van der Waals surface area contributed by atoms with Gasteiger partial charge in [0.1, 0.15) is 0 Å². The fraction of sp³-hybridized carbons (Fsp3) is 0.214. The van der Waals surface area contributed by atoms with E-state index in [1.54, 1.807) is 11.8 Å². The third-order valence-corrected chi connectivity index (χ3v) is 3.40. The molecule has 0 unspecified atom stereocenters. The Morgan fingerprint density at radius 3 is 2.71 bits per heavy atom. The zero-order valence-corrected chi connectivity index (χ0v) is 10.7. The van der Waals surface area contributed by atoms with E-state index in [9.17, 15) is 0 Å². The van der Waals surface area contributed by atoms with Gasteiger partial charge < -0.3 is 5.32 Å². The lowest BCUT2D eigenvalue weighted by Crippen LogP contribution is -2.05. The van der Waals surface area contributed by atoms with Crippen LogP contribution in [0.5, 0.6) is 0 Å². The molecule has 0 spiro atoms. The second-order valence-electron chi connectivity index (χ2n) is 3.76. The van der Waals surface area contributed by atoms with Gasteiger partial charge in [0.05, 0.1) is 5.03 Å². The van der Waals surface area contributed by atoms with E-state index in [0.717, 1.165) is 17.3 Å². The highest BCUT2D eigenvalue weighted by atomic mass is 32.2. The Hall–Kier alpha value is -1.48.